The lowest BCUT2D eigenvalue weighted by atomic mass is 9.88. The Hall–Kier alpha value is -3.52. The van der Waals surface area contributed by atoms with E-state index in [1.165, 1.54) is 44.5 Å². The van der Waals surface area contributed by atoms with Gasteiger partial charge in [0.05, 0.1) is 0 Å². The van der Waals surface area contributed by atoms with Crippen LogP contribution in [0.3, 0.4) is 0 Å². The van der Waals surface area contributed by atoms with E-state index in [0.717, 1.165) is 17.8 Å². The van der Waals surface area contributed by atoms with Gasteiger partial charge in [-0.15, -0.1) is 0 Å². The van der Waals surface area contributed by atoms with Crippen LogP contribution in [0, 0.1) is 13.8 Å². The van der Waals surface area contributed by atoms with Crippen LogP contribution in [0.2, 0.25) is 0 Å². The summed E-state index contributed by atoms with van der Waals surface area (Å²) >= 11 is 0. The zero-order valence-electron chi connectivity index (χ0n) is 20.1. The molecule has 2 nitrogen and oxygen atoms in total. The summed E-state index contributed by atoms with van der Waals surface area (Å²) in [7, 11) is 0. The van der Waals surface area contributed by atoms with Crippen LogP contribution >= 0.6 is 0 Å². The number of hydrogen-bond donors (Lipinski definition) is 2. The van der Waals surface area contributed by atoms with Crippen molar-refractivity contribution in [2.45, 2.75) is 46.0 Å². The third-order valence-electron chi connectivity index (χ3n) is 6.89. The fourth-order valence-electron chi connectivity index (χ4n) is 4.81. The molecule has 0 aliphatic rings. The third kappa shape index (κ3) is 5.12. The summed E-state index contributed by atoms with van der Waals surface area (Å²) in [5.41, 5.74) is 24.0. The molecular weight excluding hydrogens is 400 g/mol. The van der Waals surface area contributed by atoms with Crippen LogP contribution < -0.4 is 11.5 Å². The smallest absolute Gasteiger partial charge is 0.0316 e. The molecule has 4 aromatic rings. The molecule has 0 spiro atoms. The number of nitrogens with two attached hydrogens (primary N) is 2. The number of anilines is 2. The topological polar surface area (TPSA) is 52.0 Å². The fourth-order valence-corrected chi connectivity index (χ4v) is 4.81. The molecule has 0 saturated carbocycles. The van der Waals surface area contributed by atoms with Crippen molar-refractivity contribution in [3.63, 3.8) is 0 Å². The SMILES string of the molecule is Cc1cc(N)ccc1C(C)c1ccc(Cc2ccc(C(C)c3ccc(N)cc3C)cc2)cc1. The molecule has 0 fully saturated rings. The van der Waals surface area contributed by atoms with Gasteiger partial charge in [-0.1, -0.05) is 74.5 Å². The Kier molecular flexibility index (Phi) is 6.55. The van der Waals surface area contributed by atoms with Crippen molar-refractivity contribution in [3.05, 3.63) is 129 Å². The first kappa shape index (κ1) is 22.7. The maximum absolute atomic E-state index is 5.92. The van der Waals surface area contributed by atoms with Crippen LogP contribution in [0.15, 0.2) is 84.9 Å². The summed E-state index contributed by atoms with van der Waals surface area (Å²) in [6.07, 6.45) is 0.936. The van der Waals surface area contributed by atoms with Gasteiger partial charge in [0, 0.05) is 23.2 Å². The highest BCUT2D eigenvalue weighted by molar-refractivity contribution is 5.49. The lowest BCUT2D eigenvalue weighted by molar-refractivity contribution is 0.906. The minimum atomic E-state index is 0.345. The van der Waals surface area contributed by atoms with Crippen LogP contribution in [0.1, 0.15) is 70.2 Å². The Morgan fingerprint density at radius 1 is 0.545 bits per heavy atom. The van der Waals surface area contributed by atoms with Gasteiger partial charge in [-0.25, -0.2) is 0 Å². The van der Waals surface area contributed by atoms with Crippen LogP contribution in [0.5, 0.6) is 0 Å². The van der Waals surface area contributed by atoms with Crippen molar-refractivity contribution in [3.8, 4) is 0 Å². The Labute approximate surface area is 198 Å². The molecule has 0 heterocycles. The van der Waals surface area contributed by atoms with Crippen molar-refractivity contribution in [1.29, 1.82) is 0 Å². The number of hydrogen-bond acceptors (Lipinski definition) is 2. The molecule has 0 saturated heterocycles. The van der Waals surface area contributed by atoms with E-state index in [0.29, 0.717) is 11.8 Å². The molecule has 4 rings (SSSR count). The second kappa shape index (κ2) is 9.54. The molecule has 0 amide bonds. The first-order chi connectivity index (χ1) is 15.8. The Bertz CT molecular complexity index is 1140. The molecule has 168 valence electrons. The van der Waals surface area contributed by atoms with Gasteiger partial charge in [0.2, 0.25) is 0 Å². The van der Waals surface area contributed by atoms with Gasteiger partial charge < -0.3 is 11.5 Å². The van der Waals surface area contributed by atoms with Crippen LogP contribution in [-0.4, -0.2) is 0 Å². The van der Waals surface area contributed by atoms with Crippen molar-refractivity contribution in [2.75, 3.05) is 11.5 Å². The molecule has 33 heavy (non-hydrogen) atoms. The standard InChI is InChI=1S/C31H34N2/c1-20-17-28(32)13-15-30(20)22(3)26-9-5-24(6-10-26)19-25-7-11-27(12-8-25)23(4)31-16-14-29(33)18-21(31)2/h5-18,22-23H,19,32-33H2,1-4H3. The second-order valence-electron chi connectivity index (χ2n) is 9.34. The molecule has 4 N–H and O–H groups in total. The van der Waals surface area contributed by atoms with E-state index >= 15 is 0 Å². The largest absolute Gasteiger partial charge is 0.399 e. The van der Waals surface area contributed by atoms with Crippen LogP contribution in [0.25, 0.3) is 0 Å². The predicted molar refractivity (Wildman–Crippen MR) is 142 cm³/mol. The molecule has 2 heteroatoms. The minimum absolute atomic E-state index is 0.345. The average Bonchev–Trinajstić information content (AvgIpc) is 2.79. The lowest BCUT2D eigenvalue weighted by Crippen LogP contribution is -2.01. The molecule has 0 aliphatic heterocycles. The average molecular weight is 435 g/mol. The lowest BCUT2D eigenvalue weighted by Gasteiger charge is -2.17. The zero-order chi connectivity index (χ0) is 23.5. The molecule has 4 aromatic carbocycles. The predicted octanol–water partition coefficient (Wildman–Crippen LogP) is 7.36. The van der Waals surface area contributed by atoms with E-state index in [1.807, 2.05) is 12.1 Å². The highest BCUT2D eigenvalue weighted by Crippen LogP contribution is 2.30. The Balaban J connectivity index is 1.45. The van der Waals surface area contributed by atoms with E-state index in [2.05, 4.69) is 100 Å². The van der Waals surface area contributed by atoms with Crippen molar-refractivity contribution in [2.24, 2.45) is 0 Å². The summed E-state index contributed by atoms with van der Waals surface area (Å²) in [5, 5.41) is 0. The van der Waals surface area contributed by atoms with Gasteiger partial charge in [-0.05, 0) is 89.0 Å². The highest BCUT2D eigenvalue weighted by atomic mass is 14.5. The van der Waals surface area contributed by atoms with Crippen LogP contribution in [0.4, 0.5) is 11.4 Å². The highest BCUT2D eigenvalue weighted by Gasteiger charge is 2.13. The number of benzene rings is 4. The number of rotatable bonds is 6. The summed E-state index contributed by atoms with van der Waals surface area (Å²) in [5.74, 6) is 0.689. The summed E-state index contributed by atoms with van der Waals surface area (Å²) in [6, 6.07) is 30.5. The summed E-state index contributed by atoms with van der Waals surface area (Å²) in [4.78, 5) is 0. The summed E-state index contributed by atoms with van der Waals surface area (Å²) in [6.45, 7) is 8.79. The van der Waals surface area contributed by atoms with Gasteiger partial charge in [0.15, 0.2) is 0 Å². The maximum atomic E-state index is 5.92. The monoisotopic (exact) mass is 434 g/mol. The molecule has 0 aromatic heterocycles. The van der Waals surface area contributed by atoms with Gasteiger partial charge in [-0.2, -0.15) is 0 Å². The third-order valence-corrected chi connectivity index (χ3v) is 6.89. The van der Waals surface area contributed by atoms with E-state index in [1.54, 1.807) is 0 Å². The Morgan fingerprint density at radius 2 is 0.909 bits per heavy atom. The van der Waals surface area contributed by atoms with E-state index < -0.39 is 0 Å². The molecule has 0 bridgehead atoms. The van der Waals surface area contributed by atoms with Crippen molar-refractivity contribution < 1.29 is 0 Å². The quantitative estimate of drug-likeness (QED) is 0.311. The zero-order valence-corrected chi connectivity index (χ0v) is 20.1. The Morgan fingerprint density at radius 3 is 1.24 bits per heavy atom. The molecule has 2 atom stereocenters. The van der Waals surface area contributed by atoms with Gasteiger partial charge >= 0.3 is 0 Å². The maximum Gasteiger partial charge on any atom is 0.0316 e. The van der Waals surface area contributed by atoms with E-state index in [4.69, 9.17) is 11.5 Å². The molecular formula is C31H34N2. The van der Waals surface area contributed by atoms with Gasteiger partial charge in [0.1, 0.15) is 0 Å². The number of aryl methyl sites for hydroxylation is 2. The van der Waals surface area contributed by atoms with Gasteiger partial charge in [-0.3, -0.25) is 0 Å². The van der Waals surface area contributed by atoms with Crippen LogP contribution in [-0.2, 0) is 6.42 Å². The number of nitrogen functional groups attached to an aromatic ring is 2. The molecule has 0 radical (unpaired) electrons. The normalized spacial score (nSPS) is 13.0. The van der Waals surface area contributed by atoms with Gasteiger partial charge in [0.25, 0.3) is 0 Å². The first-order valence-electron chi connectivity index (χ1n) is 11.7. The van der Waals surface area contributed by atoms with Crippen molar-refractivity contribution in [1.82, 2.24) is 0 Å². The fraction of sp³-hybridized carbons (Fsp3) is 0.226. The van der Waals surface area contributed by atoms with E-state index in [-0.39, 0.29) is 0 Å². The molecule has 2 unspecified atom stereocenters. The van der Waals surface area contributed by atoms with E-state index in [9.17, 15) is 0 Å². The first-order valence-corrected chi connectivity index (χ1v) is 11.7. The second-order valence-corrected chi connectivity index (χ2v) is 9.34. The van der Waals surface area contributed by atoms with Crippen molar-refractivity contribution >= 4 is 11.4 Å². The minimum Gasteiger partial charge on any atom is -0.399 e. The summed E-state index contributed by atoms with van der Waals surface area (Å²) < 4.78 is 0. The molecule has 0 aliphatic carbocycles.